The molecule has 14 N–H and O–H groups in total. The van der Waals surface area contributed by atoms with E-state index < -0.39 is 0 Å². The summed E-state index contributed by atoms with van der Waals surface area (Å²) in [6, 6.07) is 52.2. The van der Waals surface area contributed by atoms with Gasteiger partial charge in [-0.25, -0.2) is 36.5 Å². The molecule has 0 bridgehead atoms. The van der Waals surface area contributed by atoms with Crippen molar-refractivity contribution in [2.75, 3.05) is 34.4 Å². The van der Waals surface area contributed by atoms with Crippen molar-refractivity contribution in [2.24, 2.45) is 40.9 Å². The number of pyridine rings is 4. The van der Waals surface area contributed by atoms with Crippen LogP contribution in [0.1, 0.15) is 25.7 Å². The van der Waals surface area contributed by atoms with Crippen molar-refractivity contribution in [1.82, 2.24) is 9.13 Å². The van der Waals surface area contributed by atoms with E-state index in [2.05, 4.69) is 115 Å². The average Bonchev–Trinajstić information content (AvgIpc) is 0.902. The van der Waals surface area contributed by atoms with E-state index in [1.54, 1.807) is 60.7 Å². The summed E-state index contributed by atoms with van der Waals surface area (Å²) in [6.45, 7) is 7.25. The van der Waals surface area contributed by atoms with Gasteiger partial charge in [0, 0.05) is 129 Å². The minimum Gasteiger partial charge on any atom is -0.508 e. The lowest BCUT2D eigenvalue weighted by atomic mass is 10.1. The highest BCUT2D eigenvalue weighted by molar-refractivity contribution is 6.06. The van der Waals surface area contributed by atoms with Crippen LogP contribution in [0.4, 0.5) is 79.6 Å². The van der Waals surface area contributed by atoms with Gasteiger partial charge in [0.05, 0.1) is 94.4 Å². The van der Waals surface area contributed by atoms with Gasteiger partial charge in [-0.2, -0.15) is 20.5 Å². The number of nitrogens with two attached hydrogens (primary N) is 6. The molecule has 0 fully saturated rings. The van der Waals surface area contributed by atoms with E-state index in [0.717, 1.165) is 144 Å². The number of hydrogen-bond donors (Lipinski definition) is 8. The number of azo groups is 4. The highest BCUT2D eigenvalue weighted by Crippen LogP contribution is 2.39. The van der Waals surface area contributed by atoms with E-state index in [-0.39, 0.29) is 11.5 Å². The zero-order valence-corrected chi connectivity index (χ0v) is 56.2. The molecule has 0 atom stereocenters. The zero-order chi connectivity index (χ0) is 70.3. The van der Waals surface area contributed by atoms with E-state index in [4.69, 9.17) is 34.4 Å². The first kappa shape index (κ1) is 67.2. The number of imidazole rings is 2. The summed E-state index contributed by atoms with van der Waals surface area (Å²) < 4.78 is 17.5. The molecule has 0 aliphatic carbocycles. The first-order chi connectivity index (χ1) is 49.8. The molecule has 0 spiro atoms. The molecule has 24 heteroatoms. The molecule has 8 aromatic carbocycles. The van der Waals surface area contributed by atoms with Crippen LogP contribution in [0.15, 0.2) is 298 Å². The molecule has 0 aliphatic rings. The average molecular weight is 1360 g/mol. The number of rotatable bonds is 24. The number of phenolic OH excluding ortho intramolecular Hbond substituents is 2. The van der Waals surface area contributed by atoms with Crippen LogP contribution >= 0.6 is 0 Å². The molecule has 0 saturated carbocycles. The molecule has 508 valence electrons. The Bertz CT molecular complexity index is 5070. The van der Waals surface area contributed by atoms with Crippen molar-refractivity contribution in [3.8, 4) is 11.5 Å². The number of nitrogen functional groups attached to an aromatic ring is 6. The highest BCUT2D eigenvalue weighted by atomic mass is 16.3. The molecule has 0 aliphatic heterocycles. The summed E-state index contributed by atoms with van der Waals surface area (Å²) in [5.41, 5.74) is 45.8. The first-order valence-electron chi connectivity index (χ1n) is 33.7. The van der Waals surface area contributed by atoms with Gasteiger partial charge in [-0.15, -0.1) is 20.5 Å². The third-order valence-electron chi connectivity index (χ3n) is 17.6. The second-order valence-electron chi connectivity index (χ2n) is 24.9. The molecule has 0 radical (unpaired) electrons. The number of benzene rings is 8. The molecular weight excluding hydrogens is 1280 g/mol. The zero-order valence-electron chi connectivity index (χ0n) is 56.2. The summed E-state index contributed by atoms with van der Waals surface area (Å²) in [7, 11) is 0. The van der Waals surface area contributed by atoms with Gasteiger partial charge in [-0.1, -0.05) is 48.5 Å². The third kappa shape index (κ3) is 16.8. The molecule has 0 saturated heterocycles. The number of nitrogens with zero attached hydrogens (tertiary/aromatic N) is 16. The first-order valence-corrected chi connectivity index (χ1v) is 33.7. The number of phenols is 2. The number of anilines is 6. The maximum absolute atomic E-state index is 9.82. The van der Waals surface area contributed by atoms with Gasteiger partial charge in [0.2, 0.25) is 12.7 Å². The lowest BCUT2D eigenvalue weighted by molar-refractivity contribution is -0.726. The number of fused-ring (bicyclic) bond motifs is 4. The van der Waals surface area contributed by atoms with Crippen molar-refractivity contribution in [1.29, 1.82) is 0 Å². The molecule has 24 nitrogen and oxygen atoms in total. The van der Waals surface area contributed by atoms with E-state index in [0.29, 0.717) is 56.9 Å². The van der Waals surface area contributed by atoms with Crippen molar-refractivity contribution < 1.29 is 37.6 Å². The third-order valence-corrected chi connectivity index (χ3v) is 17.6. The van der Waals surface area contributed by atoms with E-state index >= 15 is 0 Å². The minimum absolute atomic E-state index is 0.164. The van der Waals surface area contributed by atoms with Crippen LogP contribution in [-0.2, 0) is 52.4 Å². The fraction of sp³-hybridized carbons (Fsp3) is 0.154. The Kier molecular flexibility index (Phi) is 20.7. The van der Waals surface area contributed by atoms with Crippen molar-refractivity contribution in [3.05, 3.63) is 257 Å². The SMILES string of the molecule is Nc1cc(N=Nc2cc[n+](CCCn3cc[n+](CCC[n+]4ccc(N=Nc5cc(N)c(N)c6ccccc56)cc4)c3)cc2)c2ccccc2c1N.Nc1ccc(N=Nc2cc[n+](CCCn3cc[n+](CCC[n+]4ccc(N=Nc5ccc(N)c6cc(O)ccc56)cc4)c3)cc2)c2ccc(O)cc12. The van der Waals surface area contributed by atoms with E-state index in [9.17, 15) is 10.2 Å². The number of aromatic hydroxyl groups is 2. The Balaban J connectivity index is 0.000000182. The predicted molar refractivity (Wildman–Crippen MR) is 397 cm³/mol. The highest BCUT2D eigenvalue weighted by Gasteiger charge is 2.15. The minimum atomic E-state index is 0.164. The standard InChI is InChI=1S/C39H39N12.C39H36N10O2/c40-34-25-36(30-7-1-3-9-32(30)38(34)42)46-44-28-11-19-48(20-12-28)15-5-17-50-23-24-51(27-50)18-6-16-49-21-13-29(14-22-49)45-47-37-26-35(41)39(43)33-10-4-2-8-31(33)37;40-36-7-9-38(32-5-3-30(50)25-34(32)36)44-42-28-11-19-46(20-12-28)15-1-17-48-23-24-49(27-48)18-2-16-47-21-13-29(14-22-47)43-45-39-10-8-37(41)35-26-31(51)4-6-33(35)39/h1-4,7-14,19-27,42-43H,5-6,15-18H2,(H4,40,41,46,47);3-14,19-27,40-41H,1-2,15-18H2,(H-,44,45,50,51)/q+1;/p+5. The fourth-order valence-electron chi connectivity index (χ4n) is 12.1. The Labute approximate surface area is 588 Å². The molecule has 6 aromatic heterocycles. The molecule has 14 aromatic rings. The van der Waals surface area contributed by atoms with E-state index in [1.807, 2.05) is 159 Å². The largest absolute Gasteiger partial charge is 0.508 e. The molecular formula is C78H80N22O2+6. The van der Waals surface area contributed by atoms with E-state index in [1.165, 1.54) is 0 Å². The Morgan fingerprint density at radius 1 is 0.275 bits per heavy atom. The number of aryl methyl sites for hydroxylation is 8. The van der Waals surface area contributed by atoms with Crippen LogP contribution in [0.5, 0.6) is 11.5 Å². The second kappa shape index (κ2) is 31.4. The fourth-order valence-corrected chi connectivity index (χ4v) is 12.1. The summed E-state index contributed by atoms with van der Waals surface area (Å²) >= 11 is 0. The summed E-state index contributed by atoms with van der Waals surface area (Å²) in [5.74, 6) is 0.327. The predicted octanol–water partition coefficient (Wildman–Crippen LogP) is 14.2. The van der Waals surface area contributed by atoms with Gasteiger partial charge >= 0.3 is 0 Å². The summed E-state index contributed by atoms with van der Waals surface area (Å²) in [5, 5.41) is 61.9. The quantitative estimate of drug-likeness (QED) is 0.0163. The molecule has 0 unspecified atom stereocenters. The smallest absolute Gasteiger partial charge is 0.243 e. The van der Waals surface area contributed by atoms with Crippen molar-refractivity contribution in [3.63, 3.8) is 0 Å². The maximum Gasteiger partial charge on any atom is 0.243 e. The van der Waals surface area contributed by atoms with Gasteiger partial charge < -0.3 is 44.6 Å². The van der Waals surface area contributed by atoms with Crippen LogP contribution in [0.25, 0.3) is 43.1 Å². The van der Waals surface area contributed by atoms with Crippen molar-refractivity contribution in [2.45, 2.75) is 78.0 Å². The summed E-state index contributed by atoms with van der Waals surface area (Å²) in [4.78, 5) is 0. The lowest BCUT2D eigenvalue weighted by Gasteiger charge is -2.07. The Morgan fingerprint density at radius 2 is 0.588 bits per heavy atom. The van der Waals surface area contributed by atoms with Crippen LogP contribution in [0.2, 0.25) is 0 Å². The summed E-state index contributed by atoms with van der Waals surface area (Å²) in [6.07, 6.45) is 33.0. The Morgan fingerprint density at radius 3 is 0.951 bits per heavy atom. The topological polar surface area (TPSA) is 329 Å². The second-order valence-corrected chi connectivity index (χ2v) is 24.9. The van der Waals surface area contributed by atoms with Crippen LogP contribution in [0, 0.1) is 0 Å². The molecule has 0 amide bonds. The lowest BCUT2D eigenvalue weighted by Crippen LogP contribution is -2.37. The van der Waals surface area contributed by atoms with Crippen LogP contribution in [-0.4, -0.2) is 19.3 Å². The molecule has 14 rings (SSSR count). The maximum atomic E-state index is 9.82. The molecule has 102 heavy (non-hydrogen) atoms. The molecule has 6 heterocycles. The monoisotopic (exact) mass is 1360 g/mol. The van der Waals surface area contributed by atoms with Gasteiger partial charge in [0.1, 0.15) is 36.3 Å². The van der Waals surface area contributed by atoms with Gasteiger partial charge in [-0.3, -0.25) is 0 Å². The van der Waals surface area contributed by atoms with Crippen LogP contribution < -0.4 is 61.8 Å². The van der Waals surface area contributed by atoms with Crippen LogP contribution in [0.3, 0.4) is 0 Å². The van der Waals surface area contributed by atoms with Gasteiger partial charge in [0.25, 0.3) is 0 Å². The van der Waals surface area contributed by atoms with Crippen molar-refractivity contribution >= 4 is 123 Å². The van der Waals surface area contributed by atoms with Gasteiger partial charge in [0.15, 0.2) is 75.8 Å². The Hall–Kier alpha value is -13.4. The number of aromatic nitrogens is 8. The normalized spacial score (nSPS) is 11.8. The van der Waals surface area contributed by atoms with Gasteiger partial charge in [-0.05, 0) is 72.8 Å². The number of hydrogen-bond acceptors (Lipinski definition) is 16.